The maximum Gasteiger partial charge on any atom is 0.471 e. The number of hydrogen-bond donors (Lipinski definition) is 1. The van der Waals surface area contributed by atoms with Crippen LogP contribution in [0.3, 0.4) is 0 Å². The normalized spacial score (nSPS) is 21.3. The number of piperidine rings is 1. The van der Waals surface area contributed by atoms with Gasteiger partial charge in [-0.1, -0.05) is 5.57 Å². The molecule has 4 nitrogen and oxygen atoms in total. The smallest absolute Gasteiger partial charge is 0.345 e. The van der Waals surface area contributed by atoms with Gasteiger partial charge >= 0.3 is 12.1 Å². The molecule has 0 aromatic heterocycles. The number of hydrogen-bond acceptors (Lipinski definition) is 2. The molecular formula is C14H19F3N2O2. The summed E-state index contributed by atoms with van der Waals surface area (Å²) in [6.45, 7) is 2.68. The van der Waals surface area contributed by atoms with Crippen LogP contribution in [0, 0.1) is 5.92 Å². The third-order valence-electron chi connectivity index (χ3n) is 3.97. The minimum Gasteiger partial charge on any atom is -0.345 e. The molecule has 0 aromatic rings. The monoisotopic (exact) mass is 304 g/mol. The van der Waals surface area contributed by atoms with Crippen molar-refractivity contribution in [1.82, 2.24) is 10.2 Å². The van der Waals surface area contributed by atoms with Crippen LogP contribution in [0.25, 0.3) is 0 Å². The molecule has 0 unspecified atom stereocenters. The van der Waals surface area contributed by atoms with Crippen LogP contribution in [0.4, 0.5) is 13.2 Å². The van der Waals surface area contributed by atoms with Gasteiger partial charge < -0.3 is 10.2 Å². The van der Waals surface area contributed by atoms with Gasteiger partial charge in [0, 0.05) is 25.2 Å². The van der Waals surface area contributed by atoms with E-state index in [4.69, 9.17) is 0 Å². The minimum atomic E-state index is -4.85. The predicted octanol–water partition coefficient (Wildman–Crippen LogP) is 2.01. The van der Waals surface area contributed by atoms with Crippen molar-refractivity contribution >= 4 is 11.8 Å². The van der Waals surface area contributed by atoms with Crippen LogP contribution in [0.2, 0.25) is 0 Å². The topological polar surface area (TPSA) is 49.4 Å². The molecule has 1 aliphatic carbocycles. The van der Waals surface area contributed by atoms with Crippen molar-refractivity contribution in [2.45, 2.75) is 44.8 Å². The van der Waals surface area contributed by atoms with E-state index in [1.807, 2.05) is 12.2 Å². The van der Waals surface area contributed by atoms with E-state index in [0.29, 0.717) is 31.8 Å². The number of likely N-dealkylation sites (tertiary alicyclic amines) is 1. The summed E-state index contributed by atoms with van der Waals surface area (Å²) in [5, 5.41) is 1.97. The summed E-state index contributed by atoms with van der Waals surface area (Å²) < 4.78 is 36.4. The fourth-order valence-electron chi connectivity index (χ4n) is 2.45. The van der Waals surface area contributed by atoms with Crippen LogP contribution in [0.15, 0.2) is 11.6 Å². The first kappa shape index (κ1) is 15.9. The van der Waals surface area contributed by atoms with Crippen molar-refractivity contribution in [1.29, 1.82) is 0 Å². The Hall–Kier alpha value is -1.53. The molecule has 1 saturated carbocycles. The lowest BCUT2D eigenvalue weighted by molar-refractivity contribution is -0.174. The highest BCUT2D eigenvalue weighted by molar-refractivity contribution is 5.88. The molecule has 2 rings (SSSR count). The Morgan fingerprint density at radius 3 is 2.19 bits per heavy atom. The van der Waals surface area contributed by atoms with Gasteiger partial charge in [0.25, 0.3) is 0 Å². The number of rotatable bonds is 3. The first-order valence-electron chi connectivity index (χ1n) is 7.12. The molecule has 0 bridgehead atoms. The van der Waals surface area contributed by atoms with Gasteiger partial charge in [-0.3, -0.25) is 9.59 Å². The van der Waals surface area contributed by atoms with Gasteiger partial charge in [-0.15, -0.1) is 0 Å². The minimum absolute atomic E-state index is 0.0833. The number of halogens is 3. The molecular weight excluding hydrogens is 285 g/mol. The van der Waals surface area contributed by atoms with Crippen molar-refractivity contribution < 1.29 is 22.8 Å². The lowest BCUT2D eigenvalue weighted by Gasteiger charge is -2.32. The summed E-state index contributed by atoms with van der Waals surface area (Å²) in [6.07, 6.45) is -0.264. The number of nitrogens with zero attached hydrogens (tertiary/aromatic N) is 1. The van der Waals surface area contributed by atoms with E-state index in [1.54, 1.807) is 11.0 Å². The van der Waals surface area contributed by atoms with E-state index in [2.05, 4.69) is 0 Å². The second kappa shape index (κ2) is 6.07. The first-order valence-corrected chi connectivity index (χ1v) is 7.12. The molecule has 2 fully saturated rings. The highest BCUT2D eigenvalue weighted by Gasteiger charge is 2.40. The number of carbonyl (C=O) groups is 2. The van der Waals surface area contributed by atoms with Crippen LogP contribution < -0.4 is 5.32 Å². The van der Waals surface area contributed by atoms with Crippen LogP contribution >= 0.6 is 0 Å². The molecule has 21 heavy (non-hydrogen) atoms. The number of alkyl halides is 3. The number of allylic oxidation sites excluding steroid dienone is 1. The Bertz CT molecular complexity index is 448. The number of nitrogens with one attached hydrogen (secondary N) is 1. The first-order chi connectivity index (χ1) is 9.77. The Balaban J connectivity index is 1.79. The van der Waals surface area contributed by atoms with Crippen LogP contribution in [-0.2, 0) is 9.59 Å². The summed E-state index contributed by atoms with van der Waals surface area (Å²) in [5.74, 6) is -1.46. The summed E-state index contributed by atoms with van der Waals surface area (Å²) in [6, 6.07) is -0.517. The van der Waals surface area contributed by atoms with Gasteiger partial charge in [0.2, 0.25) is 5.91 Å². The molecule has 1 N–H and O–H groups in total. The molecule has 1 aliphatic heterocycles. The average molecular weight is 304 g/mol. The summed E-state index contributed by atoms with van der Waals surface area (Å²) in [7, 11) is 0. The molecule has 0 radical (unpaired) electrons. The van der Waals surface area contributed by atoms with Crippen molar-refractivity contribution in [3.05, 3.63) is 11.6 Å². The molecule has 0 aromatic carbocycles. The summed E-state index contributed by atoms with van der Waals surface area (Å²) in [4.78, 5) is 24.5. The third kappa shape index (κ3) is 4.47. The van der Waals surface area contributed by atoms with E-state index in [1.165, 1.54) is 0 Å². The van der Waals surface area contributed by atoms with Gasteiger partial charge in [-0.25, -0.2) is 0 Å². The van der Waals surface area contributed by atoms with Crippen molar-refractivity contribution in [2.24, 2.45) is 5.92 Å². The van der Waals surface area contributed by atoms with E-state index >= 15 is 0 Å². The van der Waals surface area contributed by atoms with Gasteiger partial charge in [0.15, 0.2) is 0 Å². The number of amides is 2. The molecule has 2 aliphatic rings. The van der Waals surface area contributed by atoms with Crippen LogP contribution in [-0.4, -0.2) is 42.0 Å². The van der Waals surface area contributed by atoms with Crippen LogP contribution in [0.5, 0.6) is 0 Å². The fourth-order valence-corrected chi connectivity index (χ4v) is 2.45. The Morgan fingerprint density at radius 1 is 1.14 bits per heavy atom. The van der Waals surface area contributed by atoms with Crippen molar-refractivity contribution in [3.63, 3.8) is 0 Å². The largest absolute Gasteiger partial charge is 0.471 e. The highest BCUT2D eigenvalue weighted by atomic mass is 19.4. The van der Waals surface area contributed by atoms with Crippen molar-refractivity contribution in [2.75, 3.05) is 13.1 Å². The Morgan fingerprint density at radius 2 is 1.71 bits per heavy atom. The SMILES string of the molecule is C/C(=C\C(=O)N1CCC(NC(=O)C(F)(F)F)CC1)C1CC1. The molecule has 1 heterocycles. The zero-order valence-electron chi connectivity index (χ0n) is 11.9. The second-order valence-electron chi connectivity index (χ2n) is 5.73. The lowest BCUT2D eigenvalue weighted by Crippen LogP contribution is -2.49. The maximum absolute atomic E-state index is 12.1. The molecule has 7 heteroatoms. The molecule has 0 atom stereocenters. The van der Waals surface area contributed by atoms with E-state index < -0.39 is 18.1 Å². The Labute approximate surface area is 121 Å². The molecule has 118 valence electrons. The summed E-state index contributed by atoms with van der Waals surface area (Å²) in [5.41, 5.74) is 1.08. The van der Waals surface area contributed by atoms with E-state index in [9.17, 15) is 22.8 Å². The second-order valence-corrected chi connectivity index (χ2v) is 5.73. The molecule has 2 amide bonds. The standard InChI is InChI=1S/C14H19F3N2O2/c1-9(10-2-3-10)8-12(20)19-6-4-11(5-7-19)18-13(21)14(15,16)17/h8,10-11H,2-7H2,1H3,(H,18,21)/b9-8+. The lowest BCUT2D eigenvalue weighted by atomic mass is 10.0. The molecule has 0 spiro atoms. The van der Waals surface area contributed by atoms with E-state index in [-0.39, 0.29) is 5.91 Å². The van der Waals surface area contributed by atoms with Crippen LogP contribution in [0.1, 0.15) is 32.6 Å². The average Bonchev–Trinajstić information content (AvgIpc) is 3.22. The number of carbonyl (C=O) groups excluding carboxylic acids is 2. The maximum atomic E-state index is 12.1. The highest BCUT2D eigenvalue weighted by Crippen LogP contribution is 2.36. The molecule has 1 saturated heterocycles. The fraction of sp³-hybridized carbons (Fsp3) is 0.714. The van der Waals surface area contributed by atoms with Gasteiger partial charge in [-0.2, -0.15) is 13.2 Å². The van der Waals surface area contributed by atoms with Crippen molar-refractivity contribution in [3.8, 4) is 0 Å². The Kier molecular flexibility index (Phi) is 4.58. The van der Waals surface area contributed by atoms with E-state index in [0.717, 1.165) is 18.4 Å². The van der Waals surface area contributed by atoms with Gasteiger partial charge in [0.1, 0.15) is 0 Å². The summed E-state index contributed by atoms with van der Waals surface area (Å²) >= 11 is 0. The van der Waals surface area contributed by atoms with Gasteiger partial charge in [-0.05, 0) is 38.5 Å². The zero-order valence-corrected chi connectivity index (χ0v) is 11.9. The van der Waals surface area contributed by atoms with Gasteiger partial charge in [0.05, 0.1) is 0 Å². The predicted molar refractivity (Wildman–Crippen MR) is 70.3 cm³/mol. The zero-order chi connectivity index (χ0) is 15.6. The third-order valence-corrected chi connectivity index (χ3v) is 3.97. The quantitative estimate of drug-likeness (QED) is 0.811.